The van der Waals surface area contributed by atoms with Crippen LogP contribution < -0.4 is 0 Å². The zero-order chi connectivity index (χ0) is 11.8. The Morgan fingerprint density at radius 1 is 1.33 bits per heavy atom. The zero-order valence-electron chi connectivity index (χ0n) is 6.75. The topological polar surface area (TPSA) is 12.9 Å². The van der Waals surface area contributed by atoms with Crippen LogP contribution in [0.4, 0.5) is 22.0 Å². The summed E-state index contributed by atoms with van der Waals surface area (Å²) in [6.45, 7) is 0. The van der Waals surface area contributed by atoms with Gasteiger partial charge in [0.15, 0.2) is 0 Å². The largest absolute Gasteiger partial charge is 0.418 e. The third-order valence-electron chi connectivity index (χ3n) is 1.47. The molecule has 0 unspecified atom stereocenters. The zero-order valence-corrected chi connectivity index (χ0v) is 9.09. The van der Waals surface area contributed by atoms with Gasteiger partial charge in [0.25, 0.3) is 6.43 Å². The molecule has 0 saturated carbocycles. The van der Waals surface area contributed by atoms with Crippen LogP contribution in [0.1, 0.15) is 17.7 Å². The van der Waals surface area contributed by atoms with Gasteiger partial charge >= 0.3 is 6.18 Å². The SMILES string of the molecule is FC(F)c1cc(C(F)(F)F)c(Cl)c(Br)n1. The lowest BCUT2D eigenvalue weighted by Gasteiger charge is -2.11. The van der Waals surface area contributed by atoms with Gasteiger partial charge in [-0.1, -0.05) is 11.6 Å². The van der Waals surface area contributed by atoms with Gasteiger partial charge in [0.1, 0.15) is 10.3 Å². The maximum absolute atomic E-state index is 12.3. The number of aromatic nitrogens is 1. The summed E-state index contributed by atoms with van der Waals surface area (Å²) in [5.41, 5.74) is -2.31. The number of nitrogens with zero attached hydrogens (tertiary/aromatic N) is 1. The Labute approximate surface area is 94.4 Å². The molecule has 0 radical (unpaired) electrons. The molecule has 1 rings (SSSR count). The summed E-state index contributed by atoms with van der Waals surface area (Å²) in [7, 11) is 0. The van der Waals surface area contributed by atoms with Crippen LogP contribution in [0.3, 0.4) is 0 Å². The van der Waals surface area contributed by atoms with E-state index in [2.05, 4.69) is 20.9 Å². The van der Waals surface area contributed by atoms with Crippen LogP contribution in [0.2, 0.25) is 5.02 Å². The van der Waals surface area contributed by atoms with Crippen molar-refractivity contribution in [2.45, 2.75) is 12.6 Å². The molecule has 0 aliphatic carbocycles. The first-order valence-corrected chi connectivity index (χ1v) is 4.62. The second kappa shape index (κ2) is 4.21. The van der Waals surface area contributed by atoms with Gasteiger partial charge in [-0.05, 0) is 22.0 Å². The first kappa shape index (κ1) is 12.6. The van der Waals surface area contributed by atoms with Crippen LogP contribution in [-0.4, -0.2) is 4.98 Å². The Balaban J connectivity index is 3.38. The van der Waals surface area contributed by atoms with E-state index in [9.17, 15) is 22.0 Å². The summed E-state index contributed by atoms with van der Waals surface area (Å²) in [6.07, 6.45) is -7.87. The molecule has 0 atom stereocenters. The van der Waals surface area contributed by atoms with Gasteiger partial charge in [-0.15, -0.1) is 0 Å². The number of halogens is 7. The van der Waals surface area contributed by atoms with Crippen LogP contribution in [0, 0.1) is 0 Å². The molecule has 0 aliphatic rings. The second-order valence-corrected chi connectivity index (χ2v) is 3.63. The highest BCUT2D eigenvalue weighted by Crippen LogP contribution is 2.39. The summed E-state index contributed by atoms with van der Waals surface area (Å²) in [6, 6.07) is 0.234. The van der Waals surface area contributed by atoms with Crippen molar-refractivity contribution in [2.75, 3.05) is 0 Å². The summed E-state index contributed by atoms with van der Waals surface area (Å²) in [4.78, 5) is 3.18. The lowest BCUT2D eigenvalue weighted by molar-refractivity contribution is -0.137. The highest BCUT2D eigenvalue weighted by molar-refractivity contribution is 9.10. The van der Waals surface area contributed by atoms with Gasteiger partial charge in [0.2, 0.25) is 0 Å². The minimum atomic E-state index is -4.79. The molecule has 84 valence electrons. The summed E-state index contributed by atoms with van der Waals surface area (Å²) in [5.74, 6) is 0. The predicted octanol–water partition coefficient (Wildman–Crippen LogP) is 4.45. The fourth-order valence-corrected chi connectivity index (χ4v) is 1.46. The van der Waals surface area contributed by atoms with Gasteiger partial charge in [-0.2, -0.15) is 13.2 Å². The molecule has 0 saturated heterocycles. The smallest absolute Gasteiger partial charge is 0.238 e. The maximum Gasteiger partial charge on any atom is 0.418 e. The average Bonchev–Trinajstić information content (AvgIpc) is 2.06. The molecule has 1 aromatic rings. The molecule has 0 aromatic carbocycles. The minimum absolute atomic E-state index is 0.234. The number of hydrogen-bond donors (Lipinski definition) is 0. The number of hydrogen-bond acceptors (Lipinski definition) is 1. The molecular weight excluding hydrogens is 308 g/mol. The van der Waals surface area contributed by atoms with Crippen molar-refractivity contribution >= 4 is 27.5 Å². The van der Waals surface area contributed by atoms with Gasteiger partial charge in [0, 0.05) is 0 Å². The van der Waals surface area contributed by atoms with Crippen molar-refractivity contribution in [3.05, 3.63) is 26.9 Å². The molecule has 15 heavy (non-hydrogen) atoms. The lowest BCUT2D eigenvalue weighted by atomic mass is 10.2. The molecule has 1 heterocycles. The molecule has 1 aromatic heterocycles. The molecule has 8 heteroatoms. The first-order valence-electron chi connectivity index (χ1n) is 3.44. The van der Waals surface area contributed by atoms with Gasteiger partial charge in [-0.25, -0.2) is 13.8 Å². The summed E-state index contributed by atoms with van der Waals surface area (Å²) < 4.78 is 60.7. The molecule has 0 bridgehead atoms. The lowest BCUT2D eigenvalue weighted by Crippen LogP contribution is -2.08. The van der Waals surface area contributed by atoms with Gasteiger partial charge in [0.05, 0.1) is 10.6 Å². The minimum Gasteiger partial charge on any atom is -0.238 e. The van der Waals surface area contributed by atoms with Crippen molar-refractivity contribution in [3.8, 4) is 0 Å². The Morgan fingerprint density at radius 3 is 2.27 bits per heavy atom. The van der Waals surface area contributed by atoms with E-state index in [1.807, 2.05) is 0 Å². The Hall–Kier alpha value is -0.430. The van der Waals surface area contributed by atoms with Crippen LogP contribution in [0.15, 0.2) is 10.7 Å². The monoisotopic (exact) mass is 309 g/mol. The number of alkyl halides is 5. The normalized spacial score (nSPS) is 12.3. The average molecular weight is 310 g/mol. The van der Waals surface area contributed by atoms with E-state index < -0.39 is 33.5 Å². The van der Waals surface area contributed by atoms with E-state index in [4.69, 9.17) is 11.6 Å². The fraction of sp³-hybridized carbons (Fsp3) is 0.286. The van der Waals surface area contributed by atoms with E-state index in [0.29, 0.717) is 0 Å². The quantitative estimate of drug-likeness (QED) is 0.551. The van der Waals surface area contributed by atoms with Gasteiger partial charge < -0.3 is 0 Å². The molecule has 0 fully saturated rings. The Kier molecular flexibility index (Phi) is 3.55. The van der Waals surface area contributed by atoms with Gasteiger partial charge in [-0.3, -0.25) is 0 Å². The van der Waals surface area contributed by atoms with E-state index in [1.165, 1.54) is 0 Å². The Bertz CT molecular complexity index is 378. The third kappa shape index (κ3) is 2.78. The van der Waals surface area contributed by atoms with Crippen molar-refractivity contribution in [3.63, 3.8) is 0 Å². The van der Waals surface area contributed by atoms with E-state index in [1.54, 1.807) is 0 Å². The highest BCUT2D eigenvalue weighted by Gasteiger charge is 2.35. The molecular formula is C7H2BrClF5N. The Morgan fingerprint density at radius 2 is 1.87 bits per heavy atom. The van der Waals surface area contributed by atoms with Crippen molar-refractivity contribution in [1.82, 2.24) is 4.98 Å². The molecule has 0 amide bonds. The van der Waals surface area contributed by atoms with Crippen molar-refractivity contribution < 1.29 is 22.0 Å². The highest BCUT2D eigenvalue weighted by atomic mass is 79.9. The van der Waals surface area contributed by atoms with E-state index in [-0.39, 0.29) is 6.07 Å². The predicted molar refractivity (Wildman–Crippen MR) is 46.9 cm³/mol. The molecule has 1 nitrogen and oxygen atoms in total. The first-order chi connectivity index (χ1) is 6.73. The van der Waals surface area contributed by atoms with Crippen LogP contribution in [0.25, 0.3) is 0 Å². The molecule has 0 spiro atoms. The van der Waals surface area contributed by atoms with Crippen molar-refractivity contribution in [1.29, 1.82) is 0 Å². The molecule has 0 N–H and O–H groups in total. The fourth-order valence-electron chi connectivity index (χ4n) is 0.835. The molecule has 0 aliphatic heterocycles. The van der Waals surface area contributed by atoms with Crippen molar-refractivity contribution in [2.24, 2.45) is 0 Å². The second-order valence-electron chi connectivity index (χ2n) is 2.50. The van der Waals surface area contributed by atoms with E-state index >= 15 is 0 Å². The van der Waals surface area contributed by atoms with Crippen LogP contribution in [-0.2, 0) is 6.18 Å². The standard InChI is InChI=1S/C7H2BrClF5N/c8-5-4(9)2(7(12,13)14)1-3(15-5)6(10)11/h1,6H. The van der Waals surface area contributed by atoms with E-state index in [0.717, 1.165) is 0 Å². The number of pyridine rings is 1. The van der Waals surface area contributed by atoms with Crippen LogP contribution >= 0.6 is 27.5 Å². The summed E-state index contributed by atoms with van der Waals surface area (Å²) in [5, 5.41) is -0.730. The number of rotatable bonds is 1. The third-order valence-corrected chi connectivity index (χ3v) is 2.65. The summed E-state index contributed by atoms with van der Waals surface area (Å²) >= 11 is 7.86. The van der Waals surface area contributed by atoms with Crippen LogP contribution in [0.5, 0.6) is 0 Å². The maximum atomic E-state index is 12.3.